The summed E-state index contributed by atoms with van der Waals surface area (Å²) >= 11 is 7.34. The number of halogens is 1. The lowest BCUT2D eigenvalue weighted by Gasteiger charge is -2.15. The highest BCUT2D eigenvalue weighted by Gasteiger charge is 2.34. The molecule has 0 radical (unpaired) electrons. The van der Waals surface area contributed by atoms with Crippen LogP contribution in [0.5, 0.6) is 5.75 Å². The van der Waals surface area contributed by atoms with Gasteiger partial charge in [-0.3, -0.25) is 9.69 Å². The van der Waals surface area contributed by atoms with Gasteiger partial charge in [-0.15, -0.1) is 0 Å². The Labute approximate surface area is 213 Å². The number of nitrogens with zero attached hydrogens (tertiary/aromatic N) is 2. The molecule has 0 atom stereocenters. The molecule has 4 nitrogen and oxygen atoms in total. The molecule has 0 aromatic heterocycles. The van der Waals surface area contributed by atoms with Gasteiger partial charge in [0.2, 0.25) is 0 Å². The molecule has 1 heterocycles. The van der Waals surface area contributed by atoms with Crippen molar-refractivity contribution in [1.82, 2.24) is 0 Å². The summed E-state index contributed by atoms with van der Waals surface area (Å²) in [6, 6.07) is 34.4. The summed E-state index contributed by atoms with van der Waals surface area (Å²) in [7, 11) is 0. The Morgan fingerprint density at radius 3 is 2.23 bits per heavy atom. The van der Waals surface area contributed by atoms with Crippen molar-refractivity contribution >= 4 is 51.9 Å². The molecular formula is C29H21ClN2O2S. The van der Waals surface area contributed by atoms with E-state index in [1.54, 1.807) is 4.90 Å². The number of para-hydroxylation sites is 3. The molecule has 35 heavy (non-hydrogen) atoms. The average Bonchev–Trinajstić information content (AvgIpc) is 3.19. The first kappa shape index (κ1) is 23.0. The van der Waals surface area contributed by atoms with Crippen molar-refractivity contribution < 1.29 is 9.53 Å². The van der Waals surface area contributed by atoms with E-state index in [9.17, 15) is 4.79 Å². The van der Waals surface area contributed by atoms with Gasteiger partial charge in [-0.05, 0) is 65.9 Å². The Morgan fingerprint density at radius 1 is 0.829 bits per heavy atom. The number of carbonyl (C=O) groups is 1. The van der Waals surface area contributed by atoms with Crippen LogP contribution in [0.15, 0.2) is 119 Å². The van der Waals surface area contributed by atoms with Gasteiger partial charge in [0.1, 0.15) is 12.4 Å². The maximum Gasteiger partial charge on any atom is 0.271 e. The molecule has 4 aromatic rings. The molecule has 0 unspecified atom stereocenters. The van der Waals surface area contributed by atoms with E-state index in [0.29, 0.717) is 27.5 Å². The highest BCUT2D eigenvalue weighted by atomic mass is 35.5. The fourth-order valence-corrected chi connectivity index (χ4v) is 4.70. The summed E-state index contributed by atoms with van der Waals surface area (Å²) < 4.78 is 6.09. The quantitative estimate of drug-likeness (QED) is 0.256. The molecule has 1 aliphatic heterocycles. The van der Waals surface area contributed by atoms with E-state index in [-0.39, 0.29) is 5.91 Å². The van der Waals surface area contributed by atoms with Gasteiger partial charge in [-0.1, -0.05) is 78.3 Å². The fraction of sp³-hybridized carbons (Fsp3) is 0.0345. The number of carbonyl (C=O) groups excluding carboxylic acids is 1. The molecule has 6 heteroatoms. The SMILES string of the molecule is O=C1/C(=C\c2ccccc2OCc2ccc(Cl)cc2)SC(=Nc2ccccc2)N1c1ccccc1. The van der Waals surface area contributed by atoms with E-state index in [0.717, 1.165) is 22.5 Å². The first-order valence-electron chi connectivity index (χ1n) is 11.1. The lowest BCUT2D eigenvalue weighted by atomic mass is 10.1. The number of benzene rings is 4. The Kier molecular flexibility index (Phi) is 6.98. The predicted molar refractivity (Wildman–Crippen MR) is 145 cm³/mol. The predicted octanol–water partition coefficient (Wildman–Crippen LogP) is 7.73. The van der Waals surface area contributed by atoms with E-state index < -0.39 is 0 Å². The molecule has 172 valence electrons. The van der Waals surface area contributed by atoms with Crippen LogP contribution in [0.25, 0.3) is 6.08 Å². The minimum absolute atomic E-state index is 0.122. The standard InChI is InChI=1S/C29H21ClN2O2S/c30-23-17-15-21(16-18-23)20-34-26-14-8-7-9-22(26)19-27-28(33)32(25-12-5-2-6-13-25)29(35-27)31-24-10-3-1-4-11-24/h1-19H,20H2/b27-19+,31-29?. The van der Waals surface area contributed by atoms with E-state index in [2.05, 4.69) is 0 Å². The third kappa shape index (κ3) is 5.48. The van der Waals surface area contributed by atoms with Gasteiger partial charge in [0.25, 0.3) is 5.91 Å². The lowest BCUT2D eigenvalue weighted by Crippen LogP contribution is -2.28. The van der Waals surface area contributed by atoms with Crippen LogP contribution in [0.2, 0.25) is 5.02 Å². The molecule has 0 aliphatic carbocycles. The van der Waals surface area contributed by atoms with E-state index >= 15 is 0 Å². The second kappa shape index (κ2) is 10.6. The number of ether oxygens (including phenoxy) is 1. The molecule has 1 fully saturated rings. The summed E-state index contributed by atoms with van der Waals surface area (Å²) in [4.78, 5) is 20.5. The number of aliphatic imine (C=N–C) groups is 1. The molecule has 1 amide bonds. The van der Waals surface area contributed by atoms with Gasteiger partial charge < -0.3 is 4.74 Å². The molecule has 0 bridgehead atoms. The fourth-order valence-electron chi connectivity index (χ4n) is 3.58. The topological polar surface area (TPSA) is 41.9 Å². The molecule has 1 aliphatic rings. The summed E-state index contributed by atoms with van der Waals surface area (Å²) in [5.74, 6) is 0.575. The zero-order chi connectivity index (χ0) is 24.0. The number of hydrogen-bond acceptors (Lipinski definition) is 4. The van der Waals surface area contributed by atoms with Gasteiger partial charge in [0.15, 0.2) is 5.17 Å². The van der Waals surface area contributed by atoms with Gasteiger partial charge >= 0.3 is 0 Å². The highest BCUT2D eigenvalue weighted by molar-refractivity contribution is 8.19. The average molecular weight is 497 g/mol. The summed E-state index contributed by atoms with van der Waals surface area (Å²) in [5, 5.41) is 1.30. The van der Waals surface area contributed by atoms with Crippen molar-refractivity contribution in [3.05, 3.63) is 130 Å². The first-order valence-corrected chi connectivity index (χ1v) is 12.3. The smallest absolute Gasteiger partial charge is 0.271 e. The van der Waals surface area contributed by atoms with Crippen LogP contribution in [0, 0.1) is 0 Å². The van der Waals surface area contributed by atoms with Crippen molar-refractivity contribution in [2.75, 3.05) is 4.90 Å². The van der Waals surface area contributed by atoms with Crippen LogP contribution in [0.4, 0.5) is 11.4 Å². The number of anilines is 1. The minimum atomic E-state index is -0.122. The third-order valence-corrected chi connectivity index (χ3v) is 6.54. The monoisotopic (exact) mass is 496 g/mol. The lowest BCUT2D eigenvalue weighted by molar-refractivity contribution is -0.113. The normalized spacial score (nSPS) is 15.7. The Morgan fingerprint density at radius 2 is 1.49 bits per heavy atom. The Bertz CT molecular complexity index is 1390. The van der Waals surface area contributed by atoms with Gasteiger partial charge in [-0.2, -0.15) is 0 Å². The summed E-state index contributed by atoms with van der Waals surface area (Å²) in [6.45, 7) is 0.398. The molecular weight excluding hydrogens is 476 g/mol. The van der Waals surface area contributed by atoms with Crippen molar-refractivity contribution in [2.45, 2.75) is 6.61 Å². The second-order valence-corrected chi connectivity index (χ2v) is 9.22. The van der Waals surface area contributed by atoms with Crippen molar-refractivity contribution in [3.63, 3.8) is 0 Å². The molecule has 5 rings (SSSR count). The molecule has 0 spiro atoms. The van der Waals surface area contributed by atoms with Crippen LogP contribution in [0.1, 0.15) is 11.1 Å². The Balaban J connectivity index is 1.46. The van der Waals surface area contributed by atoms with Gasteiger partial charge in [0.05, 0.1) is 16.3 Å². The van der Waals surface area contributed by atoms with Crippen molar-refractivity contribution in [1.29, 1.82) is 0 Å². The van der Waals surface area contributed by atoms with E-state index in [4.69, 9.17) is 21.3 Å². The highest BCUT2D eigenvalue weighted by Crippen LogP contribution is 2.38. The number of amidine groups is 1. The first-order chi connectivity index (χ1) is 17.2. The van der Waals surface area contributed by atoms with Crippen molar-refractivity contribution in [2.24, 2.45) is 4.99 Å². The van der Waals surface area contributed by atoms with Crippen molar-refractivity contribution in [3.8, 4) is 5.75 Å². The van der Waals surface area contributed by atoms with Gasteiger partial charge in [-0.25, -0.2) is 4.99 Å². The molecule has 0 N–H and O–H groups in total. The molecule has 1 saturated heterocycles. The zero-order valence-corrected chi connectivity index (χ0v) is 20.2. The number of rotatable bonds is 6. The number of hydrogen-bond donors (Lipinski definition) is 0. The second-order valence-electron chi connectivity index (χ2n) is 7.77. The Hall–Kier alpha value is -3.80. The van der Waals surface area contributed by atoms with Crippen LogP contribution >= 0.6 is 23.4 Å². The van der Waals surface area contributed by atoms with Crippen LogP contribution in [-0.4, -0.2) is 11.1 Å². The maximum absolute atomic E-state index is 13.5. The minimum Gasteiger partial charge on any atom is -0.488 e. The number of amides is 1. The van der Waals surface area contributed by atoms with Crippen LogP contribution in [-0.2, 0) is 11.4 Å². The molecule has 4 aromatic carbocycles. The summed E-state index contributed by atoms with van der Waals surface area (Å²) in [5.41, 5.74) is 3.40. The number of thioether (sulfide) groups is 1. The van der Waals surface area contributed by atoms with E-state index in [1.807, 2.05) is 115 Å². The van der Waals surface area contributed by atoms with E-state index in [1.165, 1.54) is 11.8 Å². The molecule has 0 saturated carbocycles. The zero-order valence-electron chi connectivity index (χ0n) is 18.7. The maximum atomic E-state index is 13.5. The van der Waals surface area contributed by atoms with Crippen LogP contribution < -0.4 is 9.64 Å². The largest absolute Gasteiger partial charge is 0.488 e. The third-order valence-electron chi connectivity index (χ3n) is 5.31. The summed E-state index contributed by atoms with van der Waals surface area (Å²) in [6.07, 6.45) is 1.87. The van der Waals surface area contributed by atoms with Gasteiger partial charge in [0, 0.05) is 10.6 Å². The van der Waals surface area contributed by atoms with Crippen LogP contribution in [0.3, 0.4) is 0 Å².